The Morgan fingerprint density at radius 3 is 2.38 bits per heavy atom. The molecule has 104 valence electrons. The van der Waals surface area contributed by atoms with Gasteiger partial charge in [-0.2, -0.15) is 0 Å². The summed E-state index contributed by atoms with van der Waals surface area (Å²) in [5, 5.41) is 1.59. The van der Waals surface area contributed by atoms with Crippen molar-refractivity contribution >= 4 is 32.5 Å². The third-order valence-electron chi connectivity index (χ3n) is 3.29. The Kier molecular flexibility index (Phi) is 3.55. The molecule has 21 heavy (non-hydrogen) atoms. The van der Waals surface area contributed by atoms with Gasteiger partial charge in [0.25, 0.3) is 0 Å². The van der Waals surface area contributed by atoms with Gasteiger partial charge in [0, 0.05) is 5.56 Å². The fraction of sp³-hybridized carbons (Fsp3) is 0. The summed E-state index contributed by atoms with van der Waals surface area (Å²) in [5.74, 6) is -1.95. The molecule has 0 saturated carbocycles. The zero-order valence-corrected chi connectivity index (χ0v) is 12.3. The van der Waals surface area contributed by atoms with E-state index in [4.69, 9.17) is 0 Å². The van der Waals surface area contributed by atoms with E-state index in [0.29, 0.717) is 10.9 Å². The summed E-state index contributed by atoms with van der Waals surface area (Å²) < 4.78 is 27.5. The second-order valence-electron chi connectivity index (χ2n) is 4.60. The maximum absolute atomic E-state index is 13.9. The normalized spacial score (nSPS) is 10.8. The molecule has 0 aliphatic rings. The van der Waals surface area contributed by atoms with E-state index in [9.17, 15) is 13.6 Å². The quantitative estimate of drug-likeness (QED) is 0.465. The smallest absolute Gasteiger partial charge is 0.196 e. The molecule has 0 aliphatic heterocycles. The second kappa shape index (κ2) is 5.37. The molecule has 0 bridgehead atoms. The summed E-state index contributed by atoms with van der Waals surface area (Å²) in [5.41, 5.74) is 0.0841. The molecule has 0 amide bonds. The van der Waals surface area contributed by atoms with Crippen LogP contribution in [0.25, 0.3) is 10.8 Å². The third-order valence-corrected chi connectivity index (χ3v) is 3.90. The molecular weight excluding hydrogens is 338 g/mol. The van der Waals surface area contributed by atoms with Crippen LogP contribution >= 0.6 is 15.9 Å². The van der Waals surface area contributed by atoms with Gasteiger partial charge in [0.05, 0.1) is 10.0 Å². The molecule has 0 aliphatic carbocycles. The molecule has 0 atom stereocenters. The van der Waals surface area contributed by atoms with Gasteiger partial charge in [-0.3, -0.25) is 4.79 Å². The average Bonchev–Trinajstić information content (AvgIpc) is 2.49. The summed E-state index contributed by atoms with van der Waals surface area (Å²) in [6, 6.07) is 14.4. The third kappa shape index (κ3) is 2.47. The highest BCUT2D eigenvalue weighted by Gasteiger charge is 2.18. The lowest BCUT2D eigenvalue weighted by Crippen LogP contribution is -2.06. The number of ketones is 1. The van der Waals surface area contributed by atoms with Gasteiger partial charge >= 0.3 is 0 Å². The van der Waals surface area contributed by atoms with Crippen LogP contribution in [-0.2, 0) is 0 Å². The zero-order chi connectivity index (χ0) is 15.0. The maximum atomic E-state index is 13.9. The number of halogens is 3. The summed E-state index contributed by atoms with van der Waals surface area (Å²) in [4.78, 5) is 12.5. The van der Waals surface area contributed by atoms with Gasteiger partial charge in [0.2, 0.25) is 0 Å². The lowest BCUT2D eigenvalue weighted by Gasteiger charge is -2.07. The Morgan fingerprint density at radius 2 is 1.57 bits per heavy atom. The predicted octanol–water partition coefficient (Wildman–Crippen LogP) is 5.11. The zero-order valence-electron chi connectivity index (χ0n) is 10.7. The van der Waals surface area contributed by atoms with E-state index in [2.05, 4.69) is 15.9 Å². The van der Waals surface area contributed by atoms with Crippen molar-refractivity contribution in [2.24, 2.45) is 0 Å². The first-order valence-corrected chi connectivity index (χ1v) is 7.04. The van der Waals surface area contributed by atoms with Crippen molar-refractivity contribution in [3.63, 3.8) is 0 Å². The highest BCUT2D eigenvalue weighted by Crippen LogP contribution is 2.25. The Balaban J connectivity index is 2.20. The van der Waals surface area contributed by atoms with Crippen LogP contribution in [0.3, 0.4) is 0 Å². The number of carbonyl (C=O) groups is 1. The van der Waals surface area contributed by atoms with Crippen molar-refractivity contribution in [2.75, 3.05) is 0 Å². The van der Waals surface area contributed by atoms with Crippen LogP contribution in [0.2, 0.25) is 0 Å². The number of benzene rings is 3. The van der Waals surface area contributed by atoms with Gasteiger partial charge in [-0.15, -0.1) is 0 Å². The molecule has 3 rings (SSSR count). The minimum Gasteiger partial charge on any atom is -0.288 e. The molecular formula is C17H9BrF2O. The molecule has 0 spiro atoms. The Hall–Kier alpha value is -2.07. The topological polar surface area (TPSA) is 17.1 Å². The predicted molar refractivity (Wildman–Crippen MR) is 81.4 cm³/mol. The number of hydrogen-bond donors (Lipinski definition) is 0. The summed E-state index contributed by atoms with van der Waals surface area (Å²) in [7, 11) is 0. The standard InChI is InChI=1S/C17H9BrF2O/c18-14-9-15(19)13(8-16(14)20)17(21)12-7-3-5-10-4-1-2-6-11(10)12/h1-9H. The first-order chi connectivity index (χ1) is 10.1. The van der Waals surface area contributed by atoms with Crippen molar-refractivity contribution in [2.45, 2.75) is 0 Å². The van der Waals surface area contributed by atoms with Crippen LogP contribution in [0.1, 0.15) is 15.9 Å². The van der Waals surface area contributed by atoms with Crippen LogP contribution in [0.4, 0.5) is 8.78 Å². The molecule has 0 radical (unpaired) electrons. The first kappa shape index (κ1) is 13.9. The maximum Gasteiger partial charge on any atom is 0.196 e. The van der Waals surface area contributed by atoms with Crippen LogP contribution in [0.5, 0.6) is 0 Å². The van der Waals surface area contributed by atoms with Crippen LogP contribution in [0, 0.1) is 11.6 Å². The molecule has 0 saturated heterocycles. The fourth-order valence-corrected chi connectivity index (χ4v) is 2.58. The van der Waals surface area contributed by atoms with E-state index in [1.165, 1.54) is 0 Å². The fourth-order valence-electron chi connectivity index (χ4n) is 2.27. The Morgan fingerprint density at radius 1 is 0.857 bits per heavy atom. The molecule has 0 unspecified atom stereocenters. The summed E-state index contributed by atoms with van der Waals surface area (Å²) in [6.45, 7) is 0. The van der Waals surface area contributed by atoms with Crippen molar-refractivity contribution in [3.05, 3.63) is 81.8 Å². The number of fused-ring (bicyclic) bond motifs is 1. The molecule has 3 aromatic rings. The second-order valence-corrected chi connectivity index (χ2v) is 5.46. The average molecular weight is 347 g/mol. The lowest BCUT2D eigenvalue weighted by atomic mass is 9.97. The monoisotopic (exact) mass is 346 g/mol. The number of carbonyl (C=O) groups excluding carboxylic acids is 1. The molecule has 1 nitrogen and oxygen atoms in total. The van der Waals surface area contributed by atoms with Gasteiger partial charge in [-0.1, -0.05) is 42.5 Å². The molecule has 0 fully saturated rings. The van der Waals surface area contributed by atoms with Gasteiger partial charge in [-0.25, -0.2) is 8.78 Å². The minimum atomic E-state index is -0.749. The van der Waals surface area contributed by atoms with E-state index in [0.717, 1.165) is 17.5 Å². The molecule has 3 aromatic carbocycles. The van der Waals surface area contributed by atoms with Crippen molar-refractivity contribution in [1.82, 2.24) is 0 Å². The minimum absolute atomic E-state index is 0.00512. The Bertz CT molecular complexity index is 853. The molecule has 0 N–H and O–H groups in total. The van der Waals surface area contributed by atoms with Gasteiger partial charge < -0.3 is 0 Å². The largest absolute Gasteiger partial charge is 0.288 e. The van der Waals surface area contributed by atoms with E-state index < -0.39 is 17.4 Å². The van der Waals surface area contributed by atoms with E-state index in [-0.39, 0.29) is 10.0 Å². The van der Waals surface area contributed by atoms with Crippen molar-refractivity contribution in [1.29, 1.82) is 0 Å². The summed E-state index contributed by atoms with van der Waals surface area (Å²) >= 11 is 2.90. The van der Waals surface area contributed by atoms with Crippen LogP contribution in [-0.4, -0.2) is 5.78 Å². The van der Waals surface area contributed by atoms with Gasteiger partial charge in [0.15, 0.2) is 5.78 Å². The highest BCUT2D eigenvalue weighted by molar-refractivity contribution is 9.10. The molecule has 4 heteroatoms. The van der Waals surface area contributed by atoms with E-state index in [1.54, 1.807) is 24.3 Å². The van der Waals surface area contributed by atoms with Gasteiger partial charge in [-0.05, 0) is 38.8 Å². The van der Waals surface area contributed by atoms with Crippen molar-refractivity contribution < 1.29 is 13.6 Å². The highest BCUT2D eigenvalue weighted by atomic mass is 79.9. The molecule has 0 heterocycles. The van der Waals surface area contributed by atoms with Gasteiger partial charge in [0.1, 0.15) is 11.6 Å². The Labute approximate surface area is 128 Å². The van der Waals surface area contributed by atoms with Crippen molar-refractivity contribution in [3.8, 4) is 0 Å². The lowest BCUT2D eigenvalue weighted by molar-refractivity contribution is 0.103. The van der Waals surface area contributed by atoms with Crippen LogP contribution in [0.15, 0.2) is 59.1 Å². The first-order valence-electron chi connectivity index (χ1n) is 6.25. The van der Waals surface area contributed by atoms with Crippen LogP contribution < -0.4 is 0 Å². The number of rotatable bonds is 2. The molecule has 0 aromatic heterocycles. The number of hydrogen-bond acceptors (Lipinski definition) is 1. The summed E-state index contributed by atoms with van der Waals surface area (Å²) in [6.07, 6.45) is 0. The SMILES string of the molecule is O=C(c1cc(F)c(Br)cc1F)c1cccc2ccccc12. The van der Waals surface area contributed by atoms with E-state index in [1.807, 2.05) is 18.2 Å². The van der Waals surface area contributed by atoms with E-state index >= 15 is 0 Å².